The Labute approximate surface area is 332 Å². The maximum absolute atomic E-state index is 5.49. The van der Waals surface area contributed by atoms with E-state index in [1.54, 1.807) is 0 Å². The van der Waals surface area contributed by atoms with Crippen LogP contribution in [0.4, 0.5) is 0 Å². The van der Waals surface area contributed by atoms with Crippen LogP contribution in [0.25, 0.3) is 38.6 Å². The summed E-state index contributed by atoms with van der Waals surface area (Å²) in [7, 11) is 0. The second-order valence-corrected chi connectivity index (χ2v) is 16.4. The zero-order valence-corrected chi connectivity index (χ0v) is 31.9. The second-order valence-electron chi connectivity index (χ2n) is 15.3. The quantitative estimate of drug-likeness (QED) is 0.184. The van der Waals surface area contributed by atoms with E-state index in [2.05, 4.69) is 192 Å². The number of rotatable bonds is 6. The number of benzene rings is 5. The molecule has 3 aliphatic carbocycles. The molecule has 5 aliphatic rings. The van der Waals surface area contributed by atoms with E-state index < -0.39 is 0 Å². The first-order valence-corrected chi connectivity index (χ1v) is 20.8. The van der Waals surface area contributed by atoms with Gasteiger partial charge in [0.25, 0.3) is 0 Å². The van der Waals surface area contributed by atoms with Crippen molar-refractivity contribution in [2.75, 3.05) is 0 Å². The van der Waals surface area contributed by atoms with E-state index in [1.807, 2.05) is 11.8 Å². The molecule has 4 heteroatoms. The summed E-state index contributed by atoms with van der Waals surface area (Å²) in [4.78, 5) is 6.89. The minimum absolute atomic E-state index is 0.00900. The van der Waals surface area contributed by atoms with Gasteiger partial charge in [0.05, 0.1) is 28.0 Å². The molecule has 3 heterocycles. The molecule has 56 heavy (non-hydrogen) atoms. The number of amidine groups is 1. The third kappa shape index (κ3) is 5.62. The van der Waals surface area contributed by atoms with E-state index in [4.69, 9.17) is 4.99 Å². The lowest BCUT2D eigenvalue weighted by atomic mass is 9.82. The minimum Gasteiger partial charge on any atom is -0.359 e. The Morgan fingerprint density at radius 3 is 2.43 bits per heavy atom. The van der Waals surface area contributed by atoms with Crippen LogP contribution in [0.1, 0.15) is 47.9 Å². The lowest BCUT2D eigenvalue weighted by Crippen LogP contribution is -2.31. The maximum atomic E-state index is 5.49. The van der Waals surface area contributed by atoms with E-state index in [-0.39, 0.29) is 11.3 Å². The van der Waals surface area contributed by atoms with Crippen LogP contribution in [0.2, 0.25) is 0 Å². The van der Waals surface area contributed by atoms with Crippen molar-refractivity contribution in [3.05, 3.63) is 216 Å². The van der Waals surface area contributed by atoms with Crippen molar-refractivity contribution in [2.45, 2.75) is 41.4 Å². The van der Waals surface area contributed by atoms with Gasteiger partial charge in [-0.05, 0) is 71.4 Å². The monoisotopic (exact) mass is 739 g/mol. The van der Waals surface area contributed by atoms with Crippen LogP contribution in [0.15, 0.2) is 209 Å². The highest BCUT2D eigenvalue weighted by atomic mass is 32.2. The second kappa shape index (κ2) is 13.9. The fourth-order valence-electron chi connectivity index (χ4n) is 9.40. The molecule has 0 spiro atoms. The van der Waals surface area contributed by atoms with Gasteiger partial charge in [-0.15, -0.1) is 11.8 Å². The highest BCUT2D eigenvalue weighted by Gasteiger charge is 2.38. The van der Waals surface area contributed by atoms with E-state index in [1.165, 1.54) is 65.8 Å². The first-order valence-electron chi connectivity index (χ1n) is 19.9. The van der Waals surface area contributed by atoms with Crippen molar-refractivity contribution in [1.29, 1.82) is 0 Å². The van der Waals surface area contributed by atoms with E-state index in [0.717, 1.165) is 36.4 Å². The van der Waals surface area contributed by atoms with Crippen molar-refractivity contribution < 1.29 is 0 Å². The first-order chi connectivity index (χ1) is 27.8. The van der Waals surface area contributed by atoms with Gasteiger partial charge in [0.15, 0.2) is 0 Å². The number of aromatic nitrogens is 1. The largest absolute Gasteiger partial charge is 0.359 e. The predicted octanol–water partition coefficient (Wildman–Crippen LogP) is 12.9. The van der Waals surface area contributed by atoms with E-state index in [0.29, 0.717) is 11.8 Å². The molecule has 0 saturated carbocycles. The van der Waals surface area contributed by atoms with Crippen LogP contribution < -0.4 is 5.32 Å². The lowest BCUT2D eigenvalue weighted by Gasteiger charge is -2.28. The number of nitrogens with zero attached hydrogens (tertiary/aromatic N) is 2. The number of hydrogen-bond donors (Lipinski definition) is 1. The van der Waals surface area contributed by atoms with Crippen LogP contribution in [0.5, 0.6) is 0 Å². The van der Waals surface area contributed by atoms with Crippen molar-refractivity contribution in [3.63, 3.8) is 0 Å². The summed E-state index contributed by atoms with van der Waals surface area (Å²) in [6, 6.07) is 44.3. The Morgan fingerprint density at radius 1 is 0.714 bits per heavy atom. The Morgan fingerprint density at radius 2 is 1.55 bits per heavy atom. The SMILES string of the molecule is C1=CCC(C2=C(C3=CC(c4ccccc4)NC(c4ccc5c6ccccc6n(C6=CC=CC7c8cccc(-c9ccccc9)c8SC67)c5c4)=N3)C=CCC2)C=C1. The molecule has 0 bridgehead atoms. The van der Waals surface area contributed by atoms with Crippen molar-refractivity contribution in [2.24, 2.45) is 10.9 Å². The number of nitrogens with one attached hydrogen (secondary N) is 1. The molecule has 6 aromatic rings. The molecule has 1 N–H and O–H groups in total. The Hall–Kier alpha value is -6.10. The van der Waals surface area contributed by atoms with Crippen molar-refractivity contribution >= 4 is 45.1 Å². The molecule has 2 aliphatic heterocycles. The summed E-state index contributed by atoms with van der Waals surface area (Å²) in [5.41, 5.74) is 13.9. The third-order valence-electron chi connectivity index (χ3n) is 12.1. The molecule has 0 fully saturated rings. The van der Waals surface area contributed by atoms with Gasteiger partial charge < -0.3 is 9.88 Å². The van der Waals surface area contributed by atoms with Crippen molar-refractivity contribution in [3.8, 4) is 11.1 Å². The van der Waals surface area contributed by atoms with Gasteiger partial charge in [0, 0.05) is 38.8 Å². The highest BCUT2D eigenvalue weighted by Crippen LogP contribution is 2.55. The molecule has 1 aromatic heterocycles. The summed E-state index contributed by atoms with van der Waals surface area (Å²) >= 11 is 2.02. The topological polar surface area (TPSA) is 29.3 Å². The predicted molar refractivity (Wildman–Crippen MR) is 236 cm³/mol. The molecule has 4 atom stereocenters. The Kier molecular flexibility index (Phi) is 8.24. The molecular weight excluding hydrogens is 699 g/mol. The number of allylic oxidation sites excluding steroid dienone is 10. The highest BCUT2D eigenvalue weighted by molar-refractivity contribution is 8.00. The minimum atomic E-state index is -0.00900. The number of hydrogen-bond acceptors (Lipinski definition) is 3. The van der Waals surface area contributed by atoms with Gasteiger partial charge in [-0.3, -0.25) is 0 Å². The molecule has 0 saturated heterocycles. The molecule has 11 rings (SSSR count). The van der Waals surface area contributed by atoms with E-state index in [9.17, 15) is 0 Å². The van der Waals surface area contributed by atoms with Crippen LogP contribution >= 0.6 is 11.8 Å². The molecule has 0 amide bonds. The smallest absolute Gasteiger partial charge is 0.134 e. The average Bonchev–Trinajstić information content (AvgIpc) is 3.83. The van der Waals surface area contributed by atoms with Crippen LogP contribution in [-0.4, -0.2) is 15.7 Å². The summed E-state index contributed by atoms with van der Waals surface area (Å²) in [5, 5.41) is 6.65. The van der Waals surface area contributed by atoms with Crippen LogP contribution in [0, 0.1) is 5.92 Å². The molecule has 4 unspecified atom stereocenters. The van der Waals surface area contributed by atoms with Gasteiger partial charge in [-0.1, -0.05) is 163 Å². The molecule has 0 radical (unpaired) electrons. The van der Waals surface area contributed by atoms with Gasteiger partial charge in [0.2, 0.25) is 0 Å². The van der Waals surface area contributed by atoms with Gasteiger partial charge in [-0.25, -0.2) is 4.99 Å². The third-order valence-corrected chi connectivity index (χ3v) is 13.5. The number of para-hydroxylation sites is 1. The summed E-state index contributed by atoms with van der Waals surface area (Å²) < 4.78 is 2.54. The van der Waals surface area contributed by atoms with Gasteiger partial charge in [0.1, 0.15) is 5.84 Å². The Bertz CT molecular complexity index is 2790. The van der Waals surface area contributed by atoms with Crippen LogP contribution in [0.3, 0.4) is 0 Å². The molecular formula is C52H41N3S. The zero-order chi connectivity index (χ0) is 37.0. The zero-order valence-electron chi connectivity index (χ0n) is 31.1. The summed E-state index contributed by atoms with van der Waals surface area (Å²) in [6.45, 7) is 0. The standard InChI is InChI=1S/C52H41N3S/c1-4-16-34(17-5-1)38-22-10-11-23-40(38)46-33-45(36-20-8-3-9-21-36)53-52(54-46)37-30-31-42-41-24-12-13-28-47(41)55(49(42)32-37)48-29-15-27-44-43-26-14-25-39(50(43)56-51(44)48)35-18-6-2-7-19-35/h1-9,11-16,18-21,23-34,44-45,51H,10,17,22H2,(H,53,54). The number of aliphatic imine (C=N–C) groups is 1. The van der Waals surface area contributed by atoms with E-state index >= 15 is 0 Å². The fourth-order valence-corrected chi connectivity index (χ4v) is 11.0. The van der Waals surface area contributed by atoms with Gasteiger partial charge >= 0.3 is 0 Å². The number of fused-ring (bicyclic) bond motifs is 6. The van der Waals surface area contributed by atoms with Gasteiger partial charge in [-0.2, -0.15) is 0 Å². The normalized spacial score (nSPS) is 22.5. The maximum Gasteiger partial charge on any atom is 0.134 e. The first kappa shape index (κ1) is 33.3. The van der Waals surface area contributed by atoms with Crippen molar-refractivity contribution in [1.82, 2.24) is 9.88 Å². The molecule has 3 nitrogen and oxygen atoms in total. The van der Waals surface area contributed by atoms with Crippen LogP contribution in [-0.2, 0) is 0 Å². The molecule has 5 aromatic carbocycles. The average molecular weight is 740 g/mol. The fraction of sp³-hybridized carbons (Fsp3) is 0.135. The summed E-state index contributed by atoms with van der Waals surface area (Å²) in [5.74, 6) is 1.61. The molecule has 270 valence electrons. The summed E-state index contributed by atoms with van der Waals surface area (Å²) in [6.07, 6.45) is 26.2. The Balaban J connectivity index is 1.04. The lowest BCUT2D eigenvalue weighted by molar-refractivity contribution is 0.699. The number of thioether (sulfide) groups is 1.